The number of benzene rings is 2. The third-order valence-corrected chi connectivity index (χ3v) is 8.07. The quantitative estimate of drug-likeness (QED) is 0.462. The van der Waals surface area contributed by atoms with Crippen molar-refractivity contribution in [2.45, 2.75) is 83.3 Å². The van der Waals surface area contributed by atoms with E-state index in [1.807, 2.05) is 31.2 Å². The number of fused-ring (bicyclic) bond motifs is 1. The normalized spacial score (nSPS) is 20.2. The van der Waals surface area contributed by atoms with E-state index in [-0.39, 0.29) is 17.9 Å². The molecule has 2 aromatic carbocycles. The number of rotatable bonds is 7. The molecule has 1 atom stereocenters. The van der Waals surface area contributed by atoms with Crippen molar-refractivity contribution in [3.05, 3.63) is 77.5 Å². The second kappa shape index (κ2) is 10.5. The summed E-state index contributed by atoms with van der Waals surface area (Å²) in [6.07, 6.45) is 6.20. The maximum atomic E-state index is 13.9. The molecular formula is C31H38N4O2. The number of aromatic nitrogens is 2. The zero-order valence-electron chi connectivity index (χ0n) is 22.2. The van der Waals surface area contributed by atoms with Gasteiger partial charge >= 0.3 is 0 Å². The number of amides is 2. The summed E-state index contributed by atoms with van der Waals surface area (Å²) in [5.74, 6) is 0.234. The molecule has 2 heterocycles. The Hall–Kier alpha value is -3.41. The lowest BCUT2D eigenvalue weighted by molar-refractivity contribution is -0.134. The van der Waals surface area contributed by atoms with E-state index in [4.69, 9.17) is 5.10 Å². The maximum Gasteiger partial charge on any atom is 0.273 e. The minimum absolute atomic E-state index is 0.0789. The number of carbonyl (C=O) groups excluding carboxylic acids is 2. The van der Waals surface area contributed by atoms with Crippen molar-refractivity contribution >= 4 is 11.8 Å². The number of hydrogen-bond donors (Lipinski definition) is 1. The molecule has 1 aromatic heterocycles. The summed E-state index contributed by atoms with van der Waals surface area (Å²) in [5.41, 5.74) is 3.68. The highest BCUT2D eigenvalue weighted by molar-refractivity contribution is 6.00. The van der Waals surface area contributed by atoms with Gasteiger partial charge in [0.2, 0.25) is 5.91 Å². The average molecular weight is 499 g/mol. The van der Waals surface area contributed by atoms with Gasteiger partial charge < -0.3 is 10.2 Å². The van der Waals surface area contributed by atoms with Gasteiger partial charge in [-0.1, -0.05) is 87.7 Å². The molecule has 2 amide bonds. The van der Waals surface area contributed by atoms with Crippen molar-refractivity contribution < 1.29 is 9.59 Å². The predicted molar refractivity (Wildman–Crippen MR) is 146 cm³/mol. The molecule has 194 valence electrons. The first-order chi connectivity index (χ1) is 17.8. The molecule has 6 heteroatoms. The molecule has 2 aliphatic rings. The van der Waals surface area contributed by atoms with E-state index < -0.39 is 5.54 Å². The Morgan fingerprint density at radius 3 is 2.43 bits per heavy atom. The summed E-state index contributed by atoms with van der Waals surface area (Å²) < 4.78 is 1.74. The maximum absolute atomic E-state index is 13.9. The van der Waals surface area contributed by atoms with E-state index in [1.54, 1.807) is 9.58 Å². The van der Waals surface area contributed by atoms with E-state index in [0.717, 1.165) is 42.5 Å². The average Bonchev–Trinajstić information content (AvgIpc) is 3.33. The summed E-state index contributed by atoms with van der Waals surface area (Å²) in [4.78, 5) is 29.5. The van der Waals surface area contributed by atoms with Crippen LogP contribution in [0.25, 0.3) is 11.3 Å². The largest absolute Gasteiger partial charge is 0.351 e. The van der Waals surface area contributed by atoms with Crippen molar-refractivity contribution in [2.24, 2.45) is 0 Å². The third kappa shape index (κ3) is 5.20. The fourth-order valence-electron chi connectivity index (χ4n) is 5.64. The van der Waals surface area contributed by atoms with E-state index in [2.05, 4.69) is 55.6 Å². The second-order valence-electron chi connectivity index (χ2n) is 11.1. The fourth-order valence-corrected chi connectivity index (χ4v) is 5.64. The molecule has 0 unspecified atom stereocenters. The van der Waals surface area contributed by atoms with Crippen LogP contribution in [-0.2, 0) is 17.8 Å². The van der Waals surface area contributed by atoms with Crippen molar-refractivity contribution in [2.75, 3.05) is 6.54 Å². The number of carbonyl (C=O) groups is 2. The molecule has 0 spiro atoms. The Morgan fingerprint density at radius 1 is 1.05 bits per heavy atom. The SMILES string of the molecule is CC(C)c1ccc(-c2cc3n(n2)C[C@](C)(C(=O)NC2CCCCC2)N(CCc2ccccc2)C3=O)cc1. The topological polar surface area (TPSA) is 67.2 Å². The van der Waals surface area contributed by atoms with E-state index in [1.165, 1.54) is 12.0 Å². The molecule has 1 fully saturated rings. The Bertz CT molecular complexity index is 1240. The zero-order chi connectivity index (χ0) is 26.0. The van der Waals surface area contributed by atoms with Crippen LogP contribution in [0.4, 0.5) is 0 Å². The van der Waals surface area contributed by atoms with Crippen molar-refractivity contribution in [3.8, 4) is 11.3 Å². The van der Waals surface area contributed by atoms with Crippen molar-refractivity contribution in [1.82, 2.24) is 20.0 Å². The predicted octanol–water partition coefficient (Wildman–Crippen LogP) is 5.58. The minimum Gasteiger partial charge on any atom is -0.351 e. The fraction of sp³-hybridized carbons (Fsp3) is 0.452. The van der Waals surface area contributed by atoms with Crippen LogP contribution in [0, 0.1) is 0 Å². The Kier molecular flexibility index (Phi) is 7.18. The van der Waals surface area contributed by atoms with Gasteiger partial charge in [-0.2, -0.15) is 5.10 Å². The number of nitrogens with zero attached hydrogens (tertiary/aromatic N) is 3. The molecular weight excluding hydrogens is 460 g/mol. The van der Waals surface area contributed by atoms with Gasteiger partial charge in [-0.25, -0.2) is 0 Å². The lowest BCUT2D eigenvalue weighted by Gasteiger charge is -2.44. The molecule has 0 bridgehead atoms. The number of hydrogen-bond acceptors (Lipinski definition) is 3. The van der Waals surface area contributed by atoms with Crippen molar-refractivity contribution in [1.29, 1.82) is 0 Å². The standard InChI is InChI=1S/C31H38N4O2/c1-22(2)24-14-16-25(17-15-24)27-20-28-29(36)34(19-18-23-10-6-4-7-11-23)31(3,21-35(28)33-27)30(37)32-26-12-8-5-9-13-26/h4,6-7,10-11,14-17,20,22,26H,5,8-9,12-13,18-19,21H2,1-3H3,(H,32,37)/t31-/m1/s1. The summed E-state index contributed by atoms with van der Waals surface area (Å²) in [6, 6.07) is 20.6. The van der Waals surface area contributed by atoms with Gasteiger partial charge in [-0.15, -0.1) is 0 Å². The molecule has 5 rings (SSSR count). The van der Waals surface area contributed by atoms with Crippen LogP contribution in [0.15, 0.2) is 60.7 Å². The summed E-state index contributed by atoms with van der Waals surface area (Å²) >= 11 is 0. The second-order valence-corrected chi connectivity index (χ2v) is 11.1. The van der Waals surface area contributed by atoms with Crippen LogP contribution in [0.3, 0.4) is 0 Å². The first kappa shape index (κ1) is 25.2. The third-order valence-electron chi connectivity index (χ3n) is 8.07. The van der Waals surface area contributed by atoms with Gasteiger partial charge in [-0.3, -0.25) is 14.3 Å². The van der Waals surface area contributed by atoms with Gasteiger partial charge in [-0.05, 0) is 49.3 Å². The molecule has 0 radical (unpaired) electrons. The van der Waals surface area contributed by atoms with Gasteiger partial charge in [0.1, 0.15) is 11.2 Å². The van der Waals surface area contributed by atoms with E-state index in [9.17, 15) is 9.59 Å². The molecule has 6 nitrogen and oxygen atoms in total. The molecule has 0 saturated heterocycles. The Morgan fingerprint density at radius 2 is 1.76 bits per heavy atom. The molecule has 37 heavy (non-hydrogen) atoms. The highest BCUT2D eigenvalue weighted by Gasteiger charge is 2.48. The lowest BCUT2D eigenvalue weighted by Crippen LogP contribution is -2.65. The highest BCUT2D eigenvalue weighted by Crippen LogP contribution is 2.31. The first-order valence-corrected chi connectivity index (χ1v) is 13.7. The zero-order valence-corrected chi connectivity index (χ0v) is 22.2. The van der Waals surface area contributed by atoms with Crippen LogP contribution in [0.1, 0.15) is 80.4 Å². The Balaban J connectivity index is 1.45. The van der Waals surface area contributed by atoms with Gasteiger partial charge in [0.25, 0.3) is 5.91 Å². The molecule has 1 aliphatic heterocycles. The van der Waals surface area contributed by atoms with Gasteiger partial charge in [0.05, 0.1) is 12.2 Å². The molecule has 1 N–H and O–H groups in total. The first-order valence-electron chi connectivity index (χ1n) is 13.7. The van der Waals surface area contributed by atoms with Gasteiger partial charge in [0, 0.05) is 18.2 Å². The number of nitrogens with one attached hydrogen (secondary N) is 1. The summed E-state index contributed by atoms with van der Waals surface area (Å²) in [5, 5.41) is 8.10. The van der Waals surface area contributed by atoms with Crippen LogP contribution < -0.4 is 5.32 Å². The smallest absolute Gasteiger partial charge is 0.273 e. The van der Waals surface area contributed by atoms with Crippen LogP contribution in [0.2, 0.25) is 0 Å². The highest BCUT2D eigenvalue weighted by atomic mass is 16.2. The van der Waals surface area contributed by atoms with Crippen LogP contribution in [0.5, 0.6) is 0 Å². The molecule has 3 aromatic rings. The monoisotopic (exact) mass is 498 g/mol. The summed E-state index contributed by atoms with van der Waals surface area (Å²) in [7, 11) is 0. The summed E-state index contributed by atoms with van der Waals surface area (Å²) in [6.45, 7) is 7.06. The van der Waals surface area contributed by atoms with Crippen molar-refractivity contribution in [3.63, 3.8) is 0 Å². The minimum atomic E-state index is -1.01. The van der Waals surface area contributed by atoms with Crippen LogP contribution >= 0.6 is 0 Å². The Labute approximate surface area is 220 Å². The van der Waals surface area contributed by atoms with E-state index >= 15 is 0 Å². The molecule has 1 aliphatic carbocycles. The van der Waals surface area contributed by atoms with E-state index in [0.29, 0.717) is 31.1 Å². The van der Waals surface area contributed by atoms with Crippen LogP contribution in [-0.4, -0.2) is 44.6 Å². The van der Waals surface area contributed by atoms with Gasteiger partial charge in [0.15, 0.2) is 0 Å². The lowest BCUT2D eigenvalue weighted by atomic mass is 9.91. The molecule has 1 saturated carbocycles.